The number of benzene rings is 2. The minimum absolute atomic E-state index is 0.0197. The third kappa shape index (κ3) is 2.98. The molecule has 0 aliphatic rings. The fourth-order valence-corrected chi connectivity index (χ4v) is 1.72. The van der Waals surface area contributed by atoms with Gasteiger partial charge in [-0.25, -0.2) is 0 Å². The summed E-state index contributed by atoms with van der Waals surface area (Å²) in [4.78, 5) is 12.0. The van der Waals surface area contributed by atoms with Crippen LogP contribution in [0, 0.1) is 0 Å². The molecular formula is C16H14O4. The summed E-state index contributed by atoms with van der Waals surface area (Å²) >= 11 is 0. The van der Waals surface area contributed by atoms with Crippen molar-refractivity contribution in [1.29, 1.82) is 0 Å². The highest BCUT2D eigenvalue weighted by Crippen LogP contribution is 2.26. The number of hydrogen-bond acceptors (Lipinski definition) is 4. The molecule has 2 aromatic rings. The minimum Gasteiger partial charge on any atom is -0.507 e. The van der Waals surface area contributed by atoms with Crippen molar-refractivity contribution < 1.29 is 19.7 Å². The van der Waals surface area contributed by atoms with Gasteiger partial charge < -0.3 is 14.9 Å². The first-order valence-corrected chi connectivity index (χ1v) is 5.99. The Balaban J connectivity index is 2.22. The van der Waals surface area contributed by atoms with E-state index < -0.39 is 0 Å². The molecule has 2 N–H and O–H groups in total. The van der Waals surface area contributed by atoms with E-state index in [1.165, 1.54) is 37.5 Å². The third-order valence-electron chi connectivity index (χ3n) is 2.82. The Labute approximate surface area is 116 Å². The molecule has 0 saturated carbocycles. The summed E-state index contributed by atoms with van der Waals surface area (Å²) in [6.45, 7) is 0. The summed E-state index contributed by atoms with van der Waals surface area (Å²) in [6.07, 6.45) is 2.90. The van der Waals surface area contributed by atoms with Crippen LogP contribution in [0.25, 0.3) is 6.08 Å². The highest BCUT2D eigenvalue weighted by Gasteiger charge is 2.07. The molecule has 0 saturated heterocycles. The average Bonchev–Trinajstić information content (AvgIpc) is 2.46. The number of hydrogen-bond donors (Lipinski definition) is 2. The molecule has 0 spiro atoms. The molecule has 102 valence electrons. The van der Waals surface area contributed by atoms with Gasteiger partial charge in [0, 0.05) is 11.1 Å². The highest BCUT2D eigenvalue weighted by molar-refractivity contribution is 6.07. The maximum absolute atomic E-state index is 12.0. The van der Waals surface area contributed by atoms with Crippen LogP contribution in [0.1, 0.15) is 15.9 Å². The standard InChI is InChI=1S/C16H14O4/c1-20-16-10-12(7-9-15(16)19)14(18)8-6-11-4-2-3-5-13(11)17/h2-10,17,19H,1H3/b8-6-. The van der Waals surface area contributed by atoms with Gasteiger partial charge in [-0.15, -0.1) is 0 Å². The van der Waals surface area contributed by atoms with Gasteiger partial charge in [0.1, 0.15) is 5.75 Å². The van der Waals surface area contributed by atoms with Crippen LogP contribution in [0.5, 0.6) is 17.2 Å². The molecule has 0 amide bonds. The van der Waals surface area contributed by atoms with Crippen LogP contribution in [0.15, 0.2) is 48.5 Å². The second-order valence-electron chi connectivity index (χ2n) is 4.14. The summed E-state index contributed by atoms with van der Waals surface area (Å²) in [5.74, 6) is 0.0898. The molecule has 0 fully saturated rings. The molecule has 0 bridgehead atoms. The number of para-hydroxylation sites is 1. The van der Waals surface area contributed by atoms with Gasteiger partial charge >= 0.3 is 0 Å². The monoisotopic (exact) mass is 270 g/mol. The second-order valence-corrected chi connectivity index (χ2v) is 4.14. The smallest absolute Gasteiger partial charge is 0.185 e. The first kappa shape index (κ1) is 13.7. The van der Waals surface area contributed by atoms with Crippen LogP contribution < -0.4 is 4.74 Å². The third-order valence-corrected chi connectivity index (χ3v) is 2.82. The van der Waals surface area contributed by atoms with E-state index in [4.69, 9.17) is 4.74 Å². The molecule has 20 heavy (non-hydrogen) atoms. The van der Waals surface area contributed by atoms with Gasteiger partial charge in [-0.3, -0.25) is 4.79 Å². The maximum Gasteiger partial charge on any atom is 0.185 e. The number of methoxy groups -OCH3 is 1. The van der Waals surface area contributed by atoms with E-state index in [2.05, 4.69) is 0 Å². The molecule has 4 heteroatoms. The Bertz CT molecular complexity index is 659. The molecule has 0 heterocycles. The number of phenols is 2. The fourth-order valence-electron chi connectivity index (χ4n) is 1.72. The zero-order chi connectivity index (χ0) is 14.5. The highest BCUT2D eigenvalue weighted by atomic mass is 16.5. The SMILES string of the molecule is COc1cc(C(=O)/C=C\c2ccccc2O)ccc1O. The summed E-state index contributed by atoms with van der Waals surface area (Å²) < 4.78 is 4.95. The van der Waals surface area contributed by atoms with Crippen molar-refractivity contribution in [1.82, 2.24) is 0 Å². The number of carbonyl (C=O) groups is 1. The van der Waals surface area contributed by atoms with Gasteiger partial charge in [0.2, 0.25) is 0 Å². The number of phenolic OH excluding ortho intramolecular Hbond substituents is 2. The Hall–Kier alpha value is -2.75. The van der Waals surface area contributed by atoms with Crippen molar-refractivity contribution in [2.75, 3.05) is 7.11 Å². The van der Waals surface area contributed by atoms with E-state index in [1.54, 1.807) is 24.3 Å². The van der Waals surface area contributed by atoms with Crippen molar-refractivity contribution in [3.8, 4) is 17.2 Å². The zero-order valence-corrected chi connectivity index (χ0v) is 10.9. The first-order chi connectivity index (χ1) is 9.61. The van der Waals surface area contributed by atoms with E-state index in [0.717, 1.165) is 0 Å². The summed E-state index contributed by atoms with van der Waals surface area (Å²) in [5, 5.41) is 19.1. The molecule has 2 aromatic carbocycles. The van der Waals surface area contributed by atoms with Crippen molar-refractivity contribution in [3.05, 3.63) is 59.7 Å². The predicted molar refractivity (Wildman–Crippen MR) is 76.1 cm³/mol. The predicted octanol–water partition coefficient (Wildman–Crippen LogP) is 3.00. The van der Waals surface area contributed by atoms with Gasteiger partial charge in [0.25, 0.3) is 0 Å². The van der Waals surface area contributed by atoms with Crippen LogP contribution in [0.3, 0.4) is 0 Å². The molecule has 0 aromatic heterocycles. The molecule has 0 atom stereocenters. The van der Waals surface area contributed by atoms with Gasteiger partial charge in [-0.05, 0) is 36.4 Å². The topological polar surface area (TPSA) is 66.8 Å². The quantitative estimate of drug-likeness (QED) is 0.662. The zero-order valence-electron chi connectivity index (χ0n) is 10.9. The number of ketones is 1. The van der Waals surface area contributed by atoms with E-state index in [9.17, 15) is 15.0 Å². The van der Waals surface area contributed by atoms with Gasteiger partial charge in [0.05, 0.1) is 7.11 Å². The molecule has 0 aliphatic carbocycles. The van der Waals surface area contributed by atoms with E-state index in [1.807, 2.05) is 0 Å². The van der Waals surface area contributed by atoms with Crippen LogP contribution in [0.2, 0.25) is 0 Å². The lowest BCUT2D eigenvalue weighted by molar-refractivity contribution is 0.104. The summed E-state index contributed by atoms with van der Waals surface area (Å²) in [5.41, 5.74) is 0.956. The van der Waals surface area contributed by atoms with Crippen molar-refractivity contribution >= 4 is 11.9 Å². The summed E-state index contributed by atoms with van der Waals surface area (Å²) in [6, 6.07) is 11.1. The largest absolute Gasteiger partial charge is 0.507 e. The number of allylic oxidation sites excluding steroid dienone is 1. The first-order valence-electron chi connectivity index (χ1n) is 5.99. The molecule has 0 radical (unpaired) electrons. The lowest BCUT2D eigenvalue weighted by atomic mass is 10.1. The van der Waals surface area contributed by atoms with Crippen LogP contribution in [-0.4, -0.2) is 23.1 Å². The maximum atomic E-state index is 12.0. The van der Waals surface area contributed by atoms with Gasteiger partial charge in [0.15, 0.2) is 17.3 Å². The number of ether oxygens (including phenoxy) is 1. The fraction of sp³-hybridized carbons (Fsp3) is 0.0625. The molecule has 0 aliphatic heterocycles. The second kappa shape index (κ2) is 5.93. The van der Waals surface area contributed by atoms with Crippen molar-refractivity contribution in [3.63, 3.8) is 0 Å². The Morgan fingerprint density at radius 3 is 2.55 bits per heavy atom. The number of rotatable bonds is 4. The normalized spacial score (nSPS) is 10.7. The molecule has 2 rings (SSSR count). The molecule has 4 nitrogen and oxygen atoms in total. The lowest BCUT2D eigenvalue weighted by Crippen LogP contribution is -1.95. The molecule has 0 unspecified atom stereocenters. The number of aromatic hydroxyl groups is 2. The van der Waals surface area contributed by atoms with E-state index in [0.29, 0.717) is 11.1 Å². The van der Waals surface area contributed by atoms with Gasteiger partial charge in [-0.2, -0.15) is 0 Å². The van der Waals surface area contributed by atoms with Crippen molar-refractivity contribution in [2.24, 2.45) is 0 Å². The van der Waals surface area contributed by atoms with E-state index >= 15 is 0 Å². The Kier molecular flexibility index (Phi) is 4.05. The Morgan fingerprint density at radius 1 is 1.10 bits per heavy atom. The lowest BCUT2D eigenvalue weighted by Gasteiger charge is -2.04. The van der Waals surface area contributed by atoms with Gasteiger partial charge in [-0.1, -0.05) is 18.2 Å². The average molecular weight is 270 g/mol. The minimum atomic E-state index is -0.244. The molecular weight excluding hydrogens is 256 g/mol. The van der Waals surface area contributed by atoms with Crippen molar-refractivity contribution in [2.45, 2.75) is 0 Å². The Morgan fingerprint density at radius 2 is 1.85 bits per heavy atom. The van der Waals surface area contributed by atoms with Crippen LogP contribution in [0.4, 0.5) is 0 Å². The van der Waals surface area contributed by atoms with Crippen LogP contribution >= 0.6 is 0 Å². The van der Waals surface area contributed by atoms with Crippen LogP contribution in [-0.2, 0) is 0 Å². The number of carbonyl (C=O) groups excluding carboxylic acids is 1. The summed E-state index contributed by atoms with van der Waals surface area (Å²) in [7, 11) is 1.42. The van der Waals surface area contributed by atoms with E-state index in [-0.39, 0.29) is 23.0 Å².